The minimum Gasteiger partial charge on any atom is -0.493 e. The lowest BCUT2D eigenvalue weighted by Gasteiger charge is -2.11. The summed E-state index contributed by atoms with van der Waals surface area (Å²) in [4.78, 5) is 24.0. The molecule has 3 rings (SSSR count). The number of esters is 1. The number of hydrogen-bond acceptors (Lipinski definition) is 5. The Bertz CT molecular complexity index is 846. The summed E-state index contributed by atoms with van der Waals surface area (Å²) in [7, 11) is 3.06. The first-order valence-corrected chi connectivity index (χ1v) is 8.87. The average Bonchev–Trinajstić information content (AvgIpc) is 3.14. The van der Waals surface area contributed by atoms with Crippen LogP contribution in [0, 0.1) is 0 Å². The van der Waals surface area contributed by atoms with Gasteiger partial charge in [0, 0.05) is 11.8 Å². The summed E-state index contributed by atoms with van der Waals surface area (Å²) >= 11 is 0. The van der Waals surface area contributed by atoms with E-state index >= 15 is 0 Å². The Hall–Kier alpha value is -3.02. The van der Waals surface area contributed by atoms with Crippen LogP contribution in [0.25, 0.3) is 0 Å². The Morgan fingerprint density at radius 1 is 0.963 bits per heavy atom. The normalized spacial score (nSPS) is 12.2. The molecule has 0 fully saturated rings. The van der Waals surface area contributed by atoms with Crippen LogP contribution in [0.15, 0.2) is 36.4 Å². The molecule has 0 aliphatic heterocycles. The molecule has 2 aromatic carbocycles. The number of amides is 1. The van der Waals surface area contributed by atoms with Crippen molar-refractivity contribution in [3.63, 3.8) is 0 Å². The Balaban J connectivity index is 1.49. The summed E-state index contributed by atoms with van der Waals surface area (Å²) in [5.41, 5.74) is 4.13. The highest BCUT2D eigenvalue weighted by Gasteiger charge is 2.14. The zero-order valence-electron chi connectivity index (χ0n) is 15.5. The van der Waals surface area contributed by atoms with Crippen molar-refractivity contribution in [2.45, 2.75) is 25.7 Å². The molecule has 0 radical (unpaired) electrons. The number of anilines is 1. The fraction of sp³-hybridized carbons (Fsp3) is 0.333. The van der Waals surface area contributed by atoms with Crippen molar-refractivity contribution >= 4 is 17.6 Å². The SMILES string of the molecule is COc1ccc(NC(=O)COC(=O)Cc2ccc3c(c2)CCC3)cc1OC. The van der Waals surface area contributed by atoms with Crippen molar-refractivity contribution in [3.8, 4) is 11.5 Å². The Kier molecular flexibility index (Phi) is 5.96. The average molecular weight is 369 g/mol. The Labute approximate surface area is 158 Å². The zero-order valence-corrected chi connectivity index (χ0v) is 15.5. The minimum atomic E-state index is -0.421. The third-order valence-electron chi connectivity index (χ3n) is 4.54. The molecule has 0 unspecified atom stereocenters. The molecule has 1 aliphatic rings. The molecule has 1 aliphatic carbocycles. The number of benzene rings is 2. The summed E-state index contributed by atoms with van der Waals surface area (Å²) in [6.07, 6.45) is 3.50. The summed E-state index contributed by atoms with van der Waals surface area (Å²) in [5.74, 6) is 0.236. The smallest absolute Gasteiger partial charge is 0.310 e. The first-order valence-electron chi connectivity index (χ1n) is 8.87. The van der Waals surface area contributed by atoms with Crippen LogP contribution in [0.3, 0.4) is 0 Å². The number of ether oxygens (including phenoxy) is 3. The fourth-order valence-corrected chi connectivity index (χ4v) is 3.21. The largest absolute Gasteiger partial charge is 0.493 e. The van der Waals surface area contributed by atoms with E-state index in [4.69, 9.17) is 14.2 Å². The monoisotopic (exact) mass is 369 g/mol. The van der Waals surface area contributed by atoms with Crippen LogP contribution < -0.4 is 14.8 Å². The first-order chi connectivity index (χ1) is 13.1. The van der Waals surface area contributed by atoms with Crippen LogP contribution in [0.5, 0.6) is 11.5 Å². The van der Waals surface area contributed by atoms with Crippen molar-refractivity contribution in [1.29, 1.82) is 0 Å². The van der Waals surface area contributed by atoms with Gasteiger partial charge in [-0.2, -0.15) is 0 Å². The quantitative estimate of drug-likeness (QED) is 0.760. The van der Waals surface area contributed by atoms with E-state index in [0.29, 0.717) is 17.2 Å². The molecule has 6 heteroatoms. The van der Waals surface area contributed by atoms with Gasteiger partial charge in [0.05, 0.1) is 20.6 Å². The molecular weight excluding hydrogens is 346 g/mol. The number of hydrogen-bond donors (Lipinski definition) is 1. The molecule has 0 spiro atoms. The van der Waals surface area contributed by atoms with Crippen molar-refractivity contribution in [3.05, 3.63) is 53.1 Å². The molecule has 0 aromatic heterocycles. The highest BCUT2D eigenvalue weighted by molar-refractivity contribution is 5.93. The predicted octanol–water partition coefficient (Wildman–Crippen LogP) is 2.92. The molecule has 6 nitrogen and oxygen atoms in total. The molecular formula is C21H23NO5. The lowest BCUT2D eigenvalue weighted by atomic mass is 10.0. The van der Waals surface area contributed by atoms with Gasteiger partial charge in [-0.1, -0.05) is 18.2 Å². The first kappa shape index (κ1) is 18.8. The van der Waals surface area contributed by atoms with E-state index in [2.05, 4.69) is 17.4 Å². The molecule has 1 amide bonds. The maximum atomic E-state index is 12.0. The third-order valence-corrected chi connectivity index (χ3v) is 4.54. The van der Waals surface area contributed by atoms with Gasteiger partial charge in [-0.3, -0.25) is 9.59 Å². The summed E-state index contributed by atoms with van der Waals surface area (Å²) in [6.45, 7) is -0.335. The van der Waals surface area contributed by atoms with Crippen LogP contribution in [0.4, 0.5) is 5.69 Å². The predicted molar refractivity (Wildman–Crippen MR) is 101 cm³/mol. The highest BCUT2D eigenvalue weighted by atomic mass is 16.5. The second-order valence-corrected chi connectivity index (χ2v) is 6.41. The van der Waals surface area contributed by atoms with Gasteiger partial charge in [0.2, 0.25) is 0 Å². The van der Waals surface area contributed by atoms with Crippen LogP contribution in [0.2, 0.25) is 0 Å². The van der Waals surface area contributed by atoms with Crippen molar-refractivity contribution in [1.82, 2.24) is 0 Å². The van der Waals surface area contributed by atoms with Gasteiger partial charge in [0.25, 0.3) is 5.91 Å². The Morgan fingerprint density at radius 3 is 2.52 bits per heavy atom. The van der Waals surface area contributed by atoms with Gasteiger partial charge >= 0.3 is 5.97 Å². The van der Waals surface area contributed by atoms with Gasteiger partial charge < -0.3 is 19.5 Å². The van der Waals surface area contributed by atoms with E-state index in [1.807, 2.05) is 6.07 Å². The number of methoxy groups -OCH3 is 2. The number of rotatable bonds is 7. The number of fused-ring (bicyclic) bond motifs is 1. The Morgan fingerprint density at radius 2 is 1.74 bits per heavy atom. The molecule has 0 heterocycles. The zero-order chi connectivity index (χ0) is 19.2. The summed E-state index contributed by atoms with van der Waals surface area (Å²) < 4.78 is 15.4. The minimum absolute atomic E-state index is 0.164. The standard InChI is InChI=1S/C21H23NO5/c1-25-18-9-8-17(12-19(18)26-2)22-20(23)13-27-21(24)11-14-6-7-15-4-3-5-16(15)10-14/h6-10,12H,3-5,11,13H2,1-2H3,(H,22,23). The lowest BCUT2D eigenvalue weighted by Crippen LogP contribution is -2.21. The van der Waals surface area contributed by atoms with E-state index in [9.17, 15) is 9.59 Å². The molecule has 142 valence electrons. The molecule has 27 heavy (non-hydrogen) atoms. The number of carbonyl (C=O) groups excluding carboxylic acids is 2. The molecule has 0 atom stereocenters. The molecule has 0 saturated heterocycles. The van der Waals surface area contributed by atoms with E-state index < -0.39 is 11.9 Å². The van der Waals surface area contributed by atoms with Crippen molar-refractivity contribution in [2.24, 2.45) is 0 Å². The van der Waals surface area contributed by atoms with E-state index in [1.54, 1.807) is 18.2 Å². The summed E-state index contributed by atoms with van der Waals surface area (Å²) in [6, 6.07) is 11.1. The van der Waals surface area contributed by atoms with E-state index in [-0.39, 0.29) is 13.0 Å². The van der Waals surface area contributed by atoms with Crippen molar-refractivity contribution < 1.29 is 23.8 Å². The maximum Gasteiger partial charge on any atom is 0.310 e. The van der Waals surface area contributed by atoms with Gasteiger partial charge in [-0.05, 0) is 48.1 Å². The molecule has 0 bridgehead atoms. The fourth-order valence-electron chi connectivity index (χ4n) is 3.21. The third kappa shape index (κ3) is 4.78. The van der Waals surface area contributed by atoms with Gasteiger partial charge in [-0.15, -0.1) is 0 Å². The van der Waals surface area contributed by atoms with E-state index in [1.165, 1.54) is 31.8 Å². The van der Waals surface area contributed by atoms with Gasteiger partial charge in [0.15, 0.2) is 18.1 Å². The topological polar surface area (TPSA) is 73.9 Å². The summed E-state index contributed by atoms with van der Waals surface area (Å²) in [5, 5.41) is 2.67. The number of nitrogens with one attached hydrogen (secondary N) is 1. The van der Waals surface area contributed by atoms with Crippen LogP contribution in [-0.4, -0.2) is 32.7 Å². The molecule has 2 aromatic rings. The maximum absolute atomic E-state index is 12.0. The highest BCUT2D eigenvalue weighted by Crippen LogP contribution is 2.29. The van der Waals surface area contributed by atoms with E-state index in [0.717, 1.165) is 18.4 Å². The van der Waals surface area contributed by atoms with Crippen LogP contribution in [-0.2, 0) is 33.6 Å². The van der Waals surface area contributed by atoms with Gasteiger partial charge in [-0.25, -0.2) is 0 Å². The second-order valence-electron chi connectivity index (χ2n) is 6.41. The van der Waals surface area contributed by atoms with Crippen molar-refractivity contribution in [2.75, 3.05) is 26.1 Å². The van der Waals surface area contributed by atoms with Crippen LogP contribution >= 0.6 is 0 Å². The molecule has 1 N–H and O–H groups in total. The van der Waals surface area contributed by atoms with Gasteiger partial charge in [0.1, 0.15) is 0 Å². The lowest BCUT2D eigenvalue weighted by molar-refractivity contribution is -0.146. The number of carbonyl (C=O) groups is 2. The molecule has 0 saturated carbocycles. The van der Waals surface area contributed by atoms with Crippen LogP contribution in [0.1, 0.15) is 23.1 Å². The second kappa shape index (κ2) is 8.58. The number of aryl methyl sites for hydroxylation is 2.